The molecule has 0 spiro atoms. The van der Waals surface area contributed by atoms with Gasteiger partial charge >= 0.3 is 0 Å². The SMILES string of the molecule is CCSC1CCCC1Nc1nnc(Cl)c2ccccc12. The first kappa shape index (κ1) is 14.0. The predicted octanol–water partition coefficient (Wildman–Crippen LogP) is 4.37. The topological polar surface area (TPSA) is 37.8 Å². The molecule has 1 aliphatic rings. The van der Waals surface area contributed by atoms with E-state index < -0.39 is 0 Å². The van der Waals surface area contributed by atoms with Gasteiger partial charge in [-0.15, -0.1) is 10.2 Å². The van der Waals surface area contributed by atoms with Crippen molar-refractivity contribution in [2.24, 2.45) is 0 Å². The average molecular weight is 308 g/mol. The summed E-state index contributed by atoms with van der Waals surface area (Å²) in [6, 6.07) is 8.52. The molecule has 3 rings (SSSR count). The highest BCUT2D eigenvalue weighted by molar-refractivity contribution is 7.99. The summed E-state index contributed by atoms with van der Waals surface area (Å²) in [5, 5.41) is 15.1. The molecule has 0 amide bonds. The third-order valence-electron chi connectivity index (χ3n) is 3.80. The Labute approximate surface area is 128 Å². The maximum absolute atomic E-state index is 6.12. The van der Waals surface area contributed by atoms with E-state index in [9.17, 15) is 0 Å². The number of benzene rings is 1. The molecule has 1 aromatic carbocycles. The third kappa shape index (κ3) is 2.72. The van der Waals surface area contributed by atoms with Crippen LogP contribution in [0.25, 0.3) is 10.8 Å². The quantitative estimate of drug-likeness (QED) is 0.910. The molecular formula is C15H18ClN3S. The molecule has 106 valence electrons. The number of hydrogen-bond donors (Lipinski definition) is 1. The summed E-state index contributed by atoms with van der Waals surface area (Å²) >= 11 is 8.16. The van der Waals surface area contributed by atoms with Crippen molar-refractivity contribution in [1.82, 2.24) is 10.2 Å². The van der Waals surface area contributed by atoms with Gasteiger partial charge in [-0.3, -0.25) is 0 Å². The first-order chi connectivity index (χ1) is 9.79. The first-order valence-corrected chi connectivity index (χ1v) is 8.51. The Morgan fingerprint density at radius 2 is 2.05 bits per heavy atom. The fraction of sp³-hybridized carbons (Fsp3) is 0.467. The van der Waals surface area contributed by atoms with E-state index in [1.165, 1.54) is 19.3 Å². The molecule has 1 aromatic heterocycles. The van der Waals surface area contributed by atoms with Gasteiger partial charge in [-0.25, -0.2) is 0 Å². The molecule has 0 aliphatic heterocycles. The molecule has 1 aliphatic carbocycles. The first-order valence-electron chi connectivity index (χ1n) is 7.08. The lowest BCUT2D eigenvalue weighted by atomic mass is 10.1. The number of nitrogens with zero attached hydrogens (tertiary/aromatic N) is 2. The Morgan fingerprint density at radius 1 is 1.25 bits per heavy atom. The summed E-state index contributed by atoms with van der Waals surface area (Å²) in [6.07, 6.45) is 3.78. The fourth-order valence-electron chi connectivity index (χ4n) is 2.86. The molecule has 5 heteroatoms. The number of rotatable bonds is 4. The smallest absolute Gasteiger partial charge is 0.159 e. The van der Waals surface area contributed by atoms with Gasteiger partial charge in [0, 0.05) is 22.1 Å². The zero-order chi connectivity index (χ0) is 13.9. The summed E-state index contributed by atoms with van der Waals surface area (Å²) in [5.74, 6) is 2.02. The van der Waals surface area contributed by atoms with E-state index in [1.54, 1.807) is 0 Å². The van der Waals surface area contributed by atoms with Crippen molar-refractivity contribution in [3.63, 3.8) is 0 Å². The number of fused-ring (bicyclic) bond motifs is 1. The number of hydrogen-bond acceptors (Lipinski definition) is 4. The van der Waals surface area contributed by atoms with Crippen LogP contribution >= 0.6 is 23.4 Å². The van der Waals surface area contributed by atoms with Crippen molar-refractivity contribution in [2.75, 3.05) is 11.1 Å². The van der Waals surface area contributed by atoms with Crippen LogP contribution in [0.15, 0.2) is 24.3 Å². The van der Waals surface area contributed by atoms with E-state index in [1.807, 2.05) is 30.0 Å². The Balaban J connectivity index is 1.89. The normalized spacial score (nSPS) is 22.3. The number of anilines is 1. The molecule has 2 aromatic rings. The molecule has 0 bridgehead atoms. The highest BCUT2D eigenvalue weighted by Crippen LogP contribution is 2.33. The van der Waals surface area contributed by atoms with Gasteiger partial charge in [0.2, 0.25) is 0 Å². The molecule has 3 nitrogen and oxygen atoms in total. The lowest BCUT2D eigenvalue weighted by molar-refractivity contribution is 0.760. The standard InChI is InChI=1S/C15H18ClN3S/c1-2-20-13-9-5-8-12(13)17-15-11-7-4-3-6-10(11)14(16)18-19-15/h3-4,6-7,12-13H,2,5,8-9H2,1H3,(H,17,19). The van der Waals surface area contributed by atoms with Gasteiger partial charge < -0.3 is 5.32 Å². The molecular weight excluding hydrogens is 290 g/mol. The second-order valence-corrected chi connectivity index (χ2v) is 6.93. The van der Waals surface area contributed by atoms with Crippen molar-refractivity contribution in [3.05, 3.63) is 29.4 Å². The van der Waals surface area contributed by atoms with E-state index in [-0.39, 0.29) is 0 Å². The van der Waals surface area contributed by atoms with E-state index in [2.05, 4.69) is 28.5 Å². The Morgan fingerprint density at radius 3 is 2.85 bits per heavy atom. The van der Waals surface area contributed by atoms with Crippen LogP contribution in [0.4, 0.5) is 5.82 Å². The maximum Gasteiger partial charge on any atom is 0.159 e. The highest BCUT2D eigenvalue weighted by Gasteiger charge is 2.27. The summed E-state index contributed by atoms with van der Waals surface area (Å²) in [6.45, 7) is 2.22. The third-order valence-corrected chi connectivity index (χ3v) is 5.40. The maximum atomic E-state index is 6.12. The van der Waals surface area contributed by atoms with Crippen LogP contribution in [-0.2, 0) is 0 Å². The Bertz CT molecular complexity index is 605. The minimum atomic E-state index is 0.469. The van der Waals surface area contributed by atoms with E-state index >= 15 is 0 Å². The second-order valence-electron chi connectivity index (χ2n) is 5.06. The summed E-state index contributed by atoms with van der Waals surface area (Å²) in [7, 11) is 0. The molecule has 1 saturated carbocycles. The van der Waals surface area contributed by atoms with Crippen molar-refractivity contribution < 1.29 is 0 Å². The monoisotopic (exact) mass is 307 g/mol. The van der Waals surface area contributed by atoms with Crippen LogP contribution in [0.3, 0.4) is 0 Å². The molecule has 0 radical (unpaired) electrons. The van der Waals surface area contributed by atoms with Crippen LogP contribution in [0.1, 0.15) is 26.2 Å². The number of aromatic nitrogens is 2. The summed E-state index contributed by atoms with van der Waals surface area (Å²) < 4.78 is 0. The highest BCUT2D eigenvalue weighted by atomic mass is 35.5. The molecule has 1 heterocycles. The van der Waals surface area contributed by atoms with Crippen molar-refractivity contribution in [1.29, 1.82) is 0 Å². The molecule has 2 unspecified atom stereocenters. The van der Waals surface area contributed by atoms with Crippen LogP contribution in [-0.4, -0.2) is 27.2 Å². The van der Waals surface area contributed by atoms with E-state index in [0.29, 0.717) is 16.4 Å². The largest absolute Gasteiger partial charge is 0.364 e. The van der Waals surface area contributed by atoms with Crippen LogP contribution < -0.4 is 5.32 Å². The van der Waals surface area contributed by atoms with E-state index in [0.717, 1.165) is 22.3 Å². The summed E-state index contributed by atoms with van der Waals surface area (Å²) in [5.41, 5.74) is 0. The van der Waals surface area contributed by atoms with Gasteiger partial charge in [0.15, 0.2) is 11.0 Å². The molecule has 20 heavy (non-hydrogen) atoms. The molecule has 2 atom stereocenters. The van der Waals surface area contributed by atoms with Gasteiger partial charge in [-0.05, 0) is 18.6 Å². The van der Waals surface area contributed by atoms with Crippen LogP contribution in [0.2, 0.25) is 5.15 Å². The van der Waals surface area contributed by atoms with Gasteiger partial charge in [0.05, 0.1) is 0 Å². The van der Waals surface area contributed by atoms with Gasteiger partial charge in [-0.2, -0.15) is 11.8 Å². The molecule has 1 N–H and O–H groups in total. The number of halogens is 1. The Hall–Kier alpha value is -1.00. The number of thioether (sulfide) groups is 1. The average Bonchev–Trinajstić information content (AvgIpc) is 2.90. The number of nitrogens with one attached hydrogen (secondary N) is 1. The fourth-order valence-corrected chi connectivity index (χ4v) is 4.26. The minimum absolute atomic E-state index is 0.469. The van der Waals surface area contributed by atoms with Gasteiger partial charge in [0.25, 0.3) is 0 Å². The van der Waals surface area contributed by atoms with Gasteiger partial charge in [-0.1, -0.05) is 49.2 Å². The minimum Gasteiger partial charge on any atom is -0.364 e. The van der Waals surface area contributed by atoms with Crippen molar-refractivity contribution in [3.8, 4) is 0 Å². The van der Waals surface area contributed by atoms with Crippen molar-refractivity contribution >= 4 is 40.0 Å². The molecule has 0 saturated heterocycles. The van der Waals surface area contributed by atoms with E-state index in [4.69, 9.17) is 11.6 Å². The lowest BCUT2D eigenvalue weighted by Gasteiger charge is -2.21. The van der Waals surface area contributed by atoms with Crippen LogP contribution in [0, 0.1) is 0 Å². The zero-order valence-corrected chi connectivity index (χ0v) is 13.0. The predicted molar refractivity (Wildman–Crippen MR) is 87.7 cm³/mol. The molecule has 1 fully saturated rings. The Kier molecular flexibility index (Phi) is 4.32. The summed E-state index contributed by atoms with van der Waals surface area (Å²) in [4.78, 5) is 0. The van der Waals surface area contributed by atoms with Crippen molar-refractivity contribution in [2.45, 2.75) is 37.5 Å². The lowest BCUT2D eigenvalue weighted by Crippen LogP contribution is -2.27. The zero-order valence-electron chi connectivity index (χ0n) is 11.5. The van der Waals surface area contributed by atoms with Gasteiger partial charge in [0.1, 0.15) is 0 Å². The second kappa shape index (κ2) is 6.19. The van der Waals surface area contributed by atoms with Crippen LogP contribution in [0.5, 0.6) is 0 Å².